The van der Waals surface area contributed by atoms with Crippen LogP contribution in [0.3, 0.4) is 0 Å². The van der Waals surface area contributed by atoms with Gasteiger partial charge in [0.25, 0.3) is 0 Å². The minimum Gasteiger partial charge on any atom is -0.495 e. The Hall–Kier alpha value is -2.77. The van der Waals surface area contributed by atoms with Gasteiger partial charge in [-0.05, 0) is 42.3 Å². The van der Waals surface area contributed by atoms with Gasteiger partial charge in [-0.25, -0.2) is 4.39 Å². The molecular formula is C20H18Cl2FN3O3. The van der Waals surface area contributed by atoms with E-state index < -0.39 is 11.4 Å². The normalized spacial score (nSPS) is 10.7. The molecular weight excluding hydrogens is 420 g/mol. The SMILES string of the molecule is COc1cc(Nc2nc(=O)c(OC)cn2Cc2cc(F)cc(Cl)c2)c(C)cc1Cl. The van der Waals surface area contributed by atoms with Crippen molar-refractivity contribution in [2.75, 3.05) is 19.5 Å². The zero-order valence-electron chi connectivity index (χ0n) is 15.9. The van der Waals surface area contributed by atoms with Gasteiger partial charge in [-0.2, -0.15) is 4.98 Å². The molecule has 0 amide bonds. The zero-order valence-corrected chi connectivity index (χ0v) is 17.4. The van der Waals surface area contributed by atoms with E-state index in [9.17, 15) is 9.18 Å². The Morgan fingerprint density at radius 1 is 1.10 bits per heavy atom. The average molecular weight is 438 g/mol. The monoisotopic (exact) mass is 437 g/mol. The van der Waals surface area contributed by atoms with Crippen molar-refractivity contribution < 1.29 is 13.9 Å². The highest BCUT2D eigenvalue weighted by Crippen LogP contribution is 2.32. The molecule has 152 valence electrons. The first-order valence-electron chi connectivity index (χ1n) is 8.52. The third-order valence-corrected chi connectivity index (χ3v) is 4.72. The molecule has 0 spiro atoms. The lowest BCUT2D eigenvalue weighted by molar-refractivity contribution is 0.402. The van der Waals surface area contributed by atoms with Gasteiger partial charge in [0.15, 0.2) is 0 Å². The first-order chi connectivity index (χ1) is 13.8. The van der Waals surface area contributed by atoms with Crippen molar-refractivity contribution in [3.05, 3.63) is 73.9 Å². The quantitative estimate of drug-likeness (QED) is 0.599. The molecule has 0 unspecified atom stereocenters. The molecule has 9 heteroatoms. The van der Waals surface area contributed by atoms with Crippen molar-refractivity contribution in [2.24, 2.45) is 0 Å². The van der Waals surface area contributed by atoms with E-state index in [4.69, 9.17) is 32.7 Å². The minimum atomic E-state index is -0.540. The smallest absolute Gasteiger partial charge is 0.316 e. The fourth-order valence-electron chi connectivity index (χ4n) is 2.80. The molecule has 3 rings (SSSR count). The van der Waals surface area contributed by atoms with Crippen molar-refractivity contribution in [3.63, 3.8) is 0 Å². The highest BCUT2D eigenvalue weighted by Gasteiger charge is 2.13. The van der Waals surface area contributed by atoms with E-state index in [-0.39, 0.29) is 23.3 Å². The molecule has 1 aromatic heterocycles. The molecule has 3 aromatic rings. The van der Waals surface area contributed by atoms with Crippen LogP contribution < -0.4 is 20.3 Å². The third kappa shape index (κ3) is 4.81. The molecule has 1 heterocycles. The number of hydrogen-bond acceptors (Lipinski definition) is 5. The van der Waals surface area contributed by atoms with Crippen LogP contribution in [0.25, 0.3) is 0 Å². The number of rotatable bonds is 6. The molecule has 0 aliphatic heterocycles. The van der Waals surface area contributed by atoms with Crippen molar-refractivity contribution in [1.29, 1.82) is 0 Å². The van der Waals surface area contributed by atoms with Gasteiger partial charge in [0.2, 0.25) is 11.7 Å². The van der Waals surface area contributed by atoms with Gasteiger partial charge in [0, 0.05) is 16.8 Å². The maximum Gasteiger partial charge on any atom is 0.316 e. The summed E-state index contributed by atoms with van der Waals surface area (Å²) in [4.78, 5) is 16.3. The third-order valence-electron chi connectivity index (χ3n) is 4.20. The van der Waals surface area contributed by atoms with Gasteiger partial charge in [-0.1, -0.05) is 23.2 Å². The lowest BCUT2D eigenvalue weighted by Crippen LogP contribution is -2.19. The molecule has 0 atom stereocenters. The van der Waals surface area contributed by atoms with Crippen LogP contribution in [0.5, 0.6) is 11.5 Å². The lowest BCUT2D eigenvalue weighted by Gasteiger charge is -2.17. The van der Waals surface area contributed by atoms with Crippen LogP contribution in [0.2, 0.25) is 10.0 Å². The molecule has 0 bridgehead atoms. The lowest BCUT2D eigenvalue weighted by atomic mass is 10.2. The van der Waals surface area contributed by atoms with Crippen LogP contribution in [0, 0.1) is 12.7 Å². The van der Waals surface area contributed by atoms with Crippen LogP contribution in [0.4, 0.5) is 16.0 Å². The van der Waals surface area contributed by atoms with Crippen LogP contribution in [0.15, 0.2) is 41.3 Å². The predicted octanol–water partition coefficient (Wildman–Crippen LogP) is 4.81. The Labute approximate surface area is 176 Å². The number of aromatic nitrogens is 2. The maximum atomic E-state index is 13.7. The molecule has 0 saturated carbocycles. The zero-order chi connectivity index (χ0) is 21.1. The van der Waals surface area contributed by atoms with Gasteiger partial charge >= 0.3 is 5.56 Å². The molecule has 29 heavy (non-hydrogen) atoms. The Balaban J connectivity index is 2.06. The molecule has 0 fully saturated rings. The average Bonchev–Trinajstić information content (AvgIpc) is 2.65. The number of hydrogen-bond donors (Lipinski definition) is 1. The Morgan fingerprint density at radius 3 is 2.48 bits per heavy atom. The number of benzene rings is 2. The number of anilines is 2. The second-order valence-corrected chi connectivity index (χ2v) is 7.11. The van der Waals surface area contributed by atoms with E-state index in [0.29, 0.717) is 22.0 Å². The summed E-state index contributed by atoms with van der Waals surface area (Å²) in [7, 11) is 2.89. The Bertz CT molecular complexity index is 1100. The standard InChI is InChI=1S/C20H18Cl2FN3O3/c1-11-4-15(22)17(28-2)8-16(11)24-20-25-19(27)18(29-3)10-26(20)9-12-5-13(21)7-14(23)6-12/h4-8,10H,9H2,1-3H3,(H,24,25,27). The van der Waals surface area contributed by atoms with E-state index in [2.05, 4.69) is 10.3 Å². The topological polar surface area (TPSA) is 65.4 Å². The maximum absolute atomic E-state index is 13.7. The highest BCUT2D eigenvalue weighted by molar-refractivity contribution is 6.32. The van der Waals surface area contributed by atoms with E-state index >= 15 is 0 Å². The molecule has 0 aliphatic rings. The van der Waals surface area contributed by atoms with E-state index in [1.807, 2.05) is 6.92 Å². The van der Waals surface area contributed by atoms with Gasteiger partial charge in [-0.3, -0.25) is 4.79 Å². The molecule has 2 aromatic carbocycles. The molecule has 0 aliphatic carbocycles. The van der Waals surface area contributed by atoms with Gasteiger partial charge in [0.05, 0.1) is 32.0 Å². The number of halogens is 3. The summed E-state index contributed by atoms with van der Waals surface area (Å²) in [6, 6.07) is 7.66. The minimum absolute atomic E-state index is 0.0588. The van der Waals surface area contributed by atoms with E-state index in [1.54, 1.807) is 22.8 Å². The summed E-state index contributed by atoms with van der Waals surface area (Å²) >= 11 is 12.1. The summed E-state index contributed by atoms with van der Waals surface area (Å²) in [5.74, 6) is 0.312. The van der Waals surface area contributed by atoms with Crippen LogP contribution in [-0.2, 0) is 6.54 Å². The van der Waals surface area contributed by atoms with Gasteiger partial charge in [0.1, 0.15) is 11.6 Å². The van der Waals surface area contributed by atoms with E-state index in [1.165, 1.54) is 32.5 Å². The van der Waals surface area contributed by atoms with Gasteiger partial charge in [-0.15, -0.1) is 0 Å². The second-order valence-electron chi connectivity index (χ2n) is 6.27. The second kappa shape index (κ2) is 8.71. The number of nitrogens with zero attached hydrogens (tertiary/aromatic N) is 2. The largest absolute Gasteiger partial charge is 0.495 e. The predicted molar refractivity (Wildman–Crippen MR) is 112 cm³/mol. The number of aryl methyl sites for hydroxylation is 1. The molecule has 0 radical (unpaired) electrons. The first kappa shape index (κ1) is 21.0. The Morgan fingerprint density at radius 2 is 1.83 bits per heavy atom. The summed E-state index contributed by atoms with van der Waals surface area (Å²) in [6.45, 7) is 2.05. The Kier molecular flexibility index (Phi) is 6.30. The summed E-state index contributed by atoms with van der Waals surface area (Å²) in [5.41, 5.74) is 1.52. The fourth-order valence-corrected chi connectivity index (χ4v) is 3.34. The fraction of sp³-hybridized carbons (Fsp3) is 0.200. The summed E-state index contributed by atoms with van der Waals surface area (Å²) in [5, 5.41) is 3.85. The van der Waals surface area contributed by atoms with Crippen molar-refractivity contribution >= 4 is 34.8 Å². The molecule has 0 saturated heterocycles. The highest BCUT2D eigenvalue weighted by atomic mass is 35.5. The first-order valence-corrected chi connectivity index (χ1v) is 9.28. The summed E-state index contributed by atoms with van der Waals surface area (Å²) < 4.78 is 25.7. The van der Waals surface area contributed by atoms with Gasteiger partial charge < -0.3 is 19.4 Å². The number of nitrogens with one attached hydrogen (secondary N) is 1. The van der Waals surface area contributed by atoms with Crippen LogP contribution >= 0.6 is 23.2 Å². The van der Waals surface area contributed by atoms with E-state index in [0.717, 1.165) is 5.56 Å². The molecule has 6 nitrogen and oxygen atoms in total. The number of methoxy groups -OCH3 is 2. The van der Waals surface area contributed by atoms with Crippen LogP contribution in [0.1, 0.15) is 11.1 Å². The summed E-state index contributed by atoms with van der Waals surface area (Å²) in [6.07, 6.45) is 1.50. The number of ether oxygens (including phenoxy) is 2. The molecule has 1 N–H and O–H groups in total. The van der Waals surface area contributed by atoms with Crippen molar-refractivity contribution in [3.8, 4) is 11.5 Å². The van der Waals surface area contributed by atoms with Crippen molar-refractivity contribution in [2.45, 2.75) is 13.5 Å². The van der Waals surface area contributed by atoms with Crippen molar-refractivity contribution in [1.82, 2.24) is 9.55 Å². The van der Waals surface area contributed by atoms with Crippen LogP contribution in [-0.4, -0.2) is 23.8 Å².